The monoisotopic (exact) mass is 407 g/mol. The van der Waals surface area contributed by atoms with Crippen LogP contribution in [-0.4, -0.2) is 38.5 Å². The molecule has 0 radical (unpaired) electrons. The lowest BCUT2D eigenvalue weighted by molar-refractivity contribution is -0.117. The minimum Gasteiger partial charge on any atom is -0.335 e. The van der Waals surface area contributed by atoms with Gasteiger partial charge in [-0.3, -0.25) is 14.7 Å². The summed E-state index contributed by atoms with van der Waals surface area (Å²) in [4.78, 5) is 23.7. The summed E-state index contributed by atoms with van der Waals surface area (Å²) < 4.78 is 1.85. The van der Waals surface area contributed by atoms with Crippen LogP contribution in [-0.2, 0) is 11.3 Å². The maximum absolute atomic E-state index is 12.0. The van der Waals surface area contributed by atoms with Crippen molar-refractivity contribution in [2.45, 2.75) is 38.0 Å². The van der Waals surface area contributed by atoms with Crippen LogP contribution in [0.1, 0.15) is 20.3 Å². The number of thioether (sulfide) groups is 1. The molecule has 3 amide bonds. The molecule has 0 saturated heterocycles. The van der Waals surface area contributed by atoms with Crippen LogP contribution in [0.2, 0.25) is 5.02 Å². The Kier molecular flexibility index (Phi) is 7.87. The maximum Gasteiger partial charge on any atom is 0.321 e. The molecule has 2 rings (SSSR count). The summed E-state index contributed by atoms with van der Waals surface area (Å²) in [5.41, 5.74) is 0.859. The number of amides is 3. The van der Waals surface area contributed by atoms with Crippen molar-refractivity contribution in [1.29, 1.82) is 0 Å². The van der Waals surface area contributed by atoms with E-state index < -0.39 is 11.9 Å². The Bertz CT molecular complexity index is 807. The van der Waals surface area contributed by atoms with Gasteiger partial charge in [-0.15, -0.1) is 16.8 Å². The molecular weight excluding hydrogens is 386 g/mol. The molecule has 0 aliphatic rings. The number of nitrogens with zero attached hydrogens (tertiary/aromatic N) is 3. The standard InChI is InChI=1S/C18H22ClN5O2S/c1-4-10-24-16(13-6-8-14(19)9-7-13)22-23-18(24)27-11-15(25)21-17(26)20-12(3)5-2/h4,6-9,12H,1,5,10-11H2,2-3H3,(H2,20,21,25,26)/t12-/m0/s1. The molecule has 1 aromatic heterocycles. The van der Waals surface area contributed by atoms with Gasteiger partial charge < -0.3 is 5.32 Å². The lowest BCUT2D eigenvalue weighted by Gasteiger charge is -2.11. The first-order chi connectivity index (χ1) is 12.9. The van der Waals surface area contributed by atoms with Gasteiger partial charge in [0.05, 0.1) is 5.75 Å². The number of nitrogens with one attached hydrogen (secondary N) is 2. The van der Waals surface area contributed by atoms with E-state index in [1.807, 2.05) is 30.5 Å². The summed E-state index contributed by atoms with van der Waals surface area (Å²) in [6, 6.07) is 6.77. The Labute approximate surface area is 167 Å². The topological polar surface area (TPSA) is 88.9 Å². The van der Waals surface area contributed by atoms with E-state index >= 15 is 0 Å². The van der Waals surface area contributed by atoms with Crippen LogP contribution in [0.4, 0.5) is 4.79 Å². The van der Waals surface area contributed by atoms with E-state index in [1.165, 1.54) is 11.8 Å². The van der Waals surface area contributed by atoms with Crippen LogP contribution in [0.3, 0.4) is 0 Å². The average molecular weight is 408 g/mol. The van der Waals surface area contributed by atoms with E-state index in [0.717, 1.165) is 12.0 Å². The normalized spacial score (nSPS) is 11.7. The summed E-state index contributed by atoms with van der Waals surface area (Å²) in [6.45, 7) is 8.07. The molecule has 0 fully saturated rings. The van der Waals surface area contributed by atoms with Crippen molar-refractivity contribution < 1.29 is 9.59 Å². The average Bonchev–Trinajstić information content (AvgIpc) is 3.03. The molecule has 9 heteroatoms. The zero-order valence-corrected chi connectivity index (χ0v) is 16.8. The van der Waals surface area contributed by atoms with Gasteiger partial charge in [0.25, 0.3) is 0 Å². The van der Waals surface area contributed by atoms with Gasteiger partial charge in [-0.2, -0.15) is 0 Å². The minimum absolute atomic E-state index is 0.00285. The molecule has 1 atom stereocenters. The number of hydrogen-bond acceptors (Lipinski definition) is 5. The molecule has 2 N–H and O–H groups in total. The molecule has 0 aliphatic carbocycles. The molecule has 0 unspecified atom stereocenters. The van der Waals surface area contributed by atoms with E-state index in [-0.39, 0.29) is 11.8 Å². The van der Waals surface area contributed by atoms with Gasteiger partial charge in [-0.05, 0) is 37.6 Å². The van der Waals surface area contributed by atoms with Crippen molar-refractivity contribution >= 4 is 35.3 Å². The molecule has 2 aromatic rings. The Morgan fingerprint density at radius 1 is 1.33 bits per heavy atom. The van der Waals surface area contributed by atoms with E-state index in [2.05, 4.69) is 27.4 Å². The summed E-state index contributed by atoms with van der Waals surface area (Å²) in [7, 11) is 0. The summed E-state index contributed by atoms with van der Waals surface area (Å²) in [6.07, 6.45) is 2.51. The Morgan fingerprint density at radius 2 is 2.04 bits per heavy atom. The zero-order valence-electron chi connectivity index (χ0n) is 15.2. The Balaban J connectivity index is 2.04. The maximum atomic E-state index is 12.0. The van der Waals surface area contributed by atoms with Crippen molar-refractivity contribution in [3.05, 3.63) is 41.9 Å². The Morgan fingerprint density at radius 3 is 2.67 bits per heavy atom. The van der Waals surface area contributed by atoms with E-state index in [9.17, 15) is 9.59 Å². The fourth-order valence-electron chi connectivity index (χ4n) is 2.16. The third kappa shape index (κ3) is 6.11. The smallest absolute Gasteiger partial charge is 0.321 e. The number of rotatable bonds is 8. The number of aromatic nitrogens is 3. The highest BCUT2D eigenvalue weighted by atomic mass is 35.5. The molecule has 0 saturated carbocycles. The molecule has 1 aromatic carbocycles. The molecule has 7 nitrogen and oxygen atoms in total. The predicted octanol–water partition coefficient (Wildman–Crippen LogP) is 3.50. The molecule has 0 spiro atoms. The van der Waals surface area contributed by atoms with Gasteiger partial charge in [0.15, 0.2) is 11.0 Å². The van der Waals surface area contributed by atoms with E-state index in [1.54, 1.807) is 18.2 Å². The van der Waals surface area contributed by atoms with E-state index in [4.69, 9.17) is 11.6 Å². The second-order valence-corrected chi connectivity index (χ2v) is 7.21. The quantitative estimate of drug-likeness (QED) is 0.516. The van der Waals surface area contributed by atoms with Gasteiger partial charge in [-0.25, -0.2) is 4.79 Å². The minimum atomic E-state index is -0.496. The van der Waals surface area contributed by atoms with Gasteiger partial charge in [0, 0.05) is 23.2 Å². The number of urea groups is 1. The molecule has 27 heavy (non-hydrogen) atoms. The van der Waals surface area contributed by atoms with Crippen LogP contribution >= 0.6 is 23.4 Å². The van der Waals surface area contributed by atoms with Crippen LogP contribution in [0.25, 0.3) is 11.4 Å². The first kappa shape index (κ1) is 21.0. The van der Waals surface area contributed by atoms with Gasteiger partial charge in [-0.1, -0.05) is 36.4 Å². The number of benzene rings is 1. The SMILES string of the molecule is C=CCn1c(SCC(=O)NC(=O)N[C@@H](C)CC)nnc1-c1ccc(Cl)cc1. The highest BCUT2D eigenvalue weighted by Crippen LogP contribution is 2.25. The third-order valence-corrected chi connectivity index (χ3v) is 4.92. The van der Waals surface area contributed by atoms with Crippen molar-refractivity contribution in [3.8, 4) is 11.4 Å². The summed E-state index contributed by atoms with van der Waals surface area (Å²) in [5.74, 6) is 0.301. The number of carbonyl (C=O) groups is 2. The summed E-state index contributed by atoms with van der Waals surface area (Å²) in [5, 5.41) is 14.6. The first-order valence-electron chi connectivity index (χ1n) is 8.47. The van der Waals surface area contributed by atoms with E-state index in [0.29, 0.717) is 22.5 Å². The van der Waals surface area contributed by atoms with Gasteiger partial charge in [0.1, 0.15) is 0 Å². The van der Waals surface area contributed by atoms with Crippen molar-refractivity contribution in [3.63, 3.8) is 0 Å². The number of halogens is 1. The number of carbonyl (C=O) groups excluding carboxylic acids is 2. The second kappa shape index (κ2) is 10.1. The second-order valence-electron chi connectivity index (χ2n) is 5.83. The largest absolute Gasteiger partial charge is 0.335 e. The first-order valence-corrected chi connectivity index (χ1v) is 9.84. The molecule has 1 heterocycles. The molecule has 144 valence electrons. The lowest BCUT2D eigenvalue weighted by Crippen LogP contribution is -2.43. The van der Waals surface area contributed by atoms with Crippen LogP contribution in [0.5, 0.6) is 0 Å². The highest BCUT2D eigenvalue weighted by molar-refractivity contribution is 7.99. The zero-order chi connectivity index (χ0) is 19.8. The third-order valence-electron chi connectivity index (χ3n) is 3.71. The number of allylic oxidation sites excluding steroid dienone is 1. The fourth-order valence-corrected chi connectivity index (χ4v) is 3.03. The van der Waals surface area contributed by atoms with Crippen molar-refractivity contribution in [1.82, 2.24) is 25.4 Å². The van der Waals surface area contributed by atoms with Gasteiger partial charge >= 0.3 is 6.03 Å². The fraction of sp³-hybridized carbons (Fsp3) is 0.333. The van der Waals surface area contributed by atoms with Crippen LogP contribution in [0.15, 0.2) is 42.1 Å². The van der Waals surface area contributed by atoms with Crippen molar-refractivity contribution in [2.75, 3.05) is 5.75 Å². The lowest BCUT2D eigenvalue weighted by atomic mass is 10.2. The molecule has 0 aliphatic heterocycles. The molecule has 0 bridgehead atoms. The Hall–Kier alpha value is -2.32. The summed E-state index contributed by atoms with van der Waals surface area (Å²) >= 11 is 7.14. The highest BCUT2D eigenvalue weighted by Gasteiger charge is 2.16. The predicted molar refractivity (Wildman–Crippen MR) is 108 cm³/mol. The van der Waals surface area contributed by atoms with Gasteiger partial charge in [0.2, 0.25) is 5.91 Å². The van der Waals surface area contributed by atoms with Crippen LogP contribution < -0.4 is 10.6 Å². The number of imide groups is 1. The van der Waals surface area contributed by atoms with Crippen LogP contribution in [0, 0.1) is 0 Å². The molecular formula is C18H22ClN5O2S. The van der Waals surface area contributed by atoms with Crippen molar-refractivity contribution in [2.24, 2.45) is 0 Å². The number of hydrogen-bond donors (Lipinski definition) is 2.